The number of fused-ring (bicyclic) bond motifs is 3. The second-order valence-corrected chi connectivity index (χ2v) is 8.45. The van der Waals surface area contributed by atoms with Crippen LogP contribution < -0.4 is 4.90 Å². The van der Waals surface area contributed by atoms with Crippen molar-refractivity contribution >= 4 is 27.6 Å². The number of para-hydroxylation sites is 3. The molecule has 0 spiro atoms. The van der Waals surface area contributed by atoms with Crippen LogP contribution >= 0.6 is 0 Å². The third-order valence-corrected chi connectivity index (χ3v) is 6.47. The zero-order valence-electron chi connectivity index (χ0n) is 17.9. The van der Waals surface area contributed by atoms with Gasteiger partial charge in [-0.05, 0) is 49.6 Å². The molecule has 6 rings (SSSR count). The van der Waals surface area contributed by atoms with Gasteiger partial charge in [0, 0.05) is 39.3 Å². The minimum Gasteiger partial charge on any atom is -0.456 e. The second-order valence-electron chi connectivity index (χ2n) is 8.45. The van der Waals surface area contributed by atoms with E-state index in [2.05, 4.69) is 108 Å². The van der Waals surface area contributed by atoms with E-state index in [1.807, 2.05) is 6.07 Å². The van der Waals surface area contributed by atoms with Gasteiger partial charge in [0.15, 0.2) is 0 Å². The lowest BCUT2D eigenvalue weighted by molar-refractivity contribution is 0.657. The first kappa shape index (κ1) is 18.9. The van der Waals surface area contributed by atoms with Gasteiger partial charge in [0.1, 0.15) is 11.2 Å². The Hall–Kier alpha value is -3.78. The Labute approximate surface area is 188 Å². The standard InChI is InChI=1S/C30H25NO/c1-3-10-23(11-4-1)31(24-12-5-2-6-13-24)25-20-18-22(19-21-25)26-15-9-16-28-27-14-7-8-17-29(27)32-30(26)28/h1-5,7-12,14-18,20-22H,6,13,19H2. The van der Waals surface area contributed by atoms with E-state index in [-0.39, 0.29) is 0 Å². The summed E-state index contributed by atoms with van der Waals surface area (Å²) in [7, 11) is 0. The maximum Gasteiger partial charge on any atom is 0.139 e. The fraction of sp³-hybridized carbons (Fsp3) is 0.133. The first-order valence-corrected chi connectivity index (χ1v) is 11.4. The fourth-order valence-electron chi connectivity index (χ4n) is 4.90. The number of benzene rings is 3. The molecule has 2 nitrogen and oxygen atoms in total. The molecule has 0 bridgehead atoms. The molecule has 2 aliphatic rings. The van der Waals surface area contributed by atoms with E-state index in [1.165, 1.54) is 33.4 Å². The predicted molar refractivity (Wildman–Crippen MR) is 134 cm³/mol. The highest BCUT2D eigenvalue weighted by molar-refractivity contribution is 6.06. The average Bonchev–Trinajstić information content (AvgIpc) is 3.25. The van der Waals surface area contributed by atoms with E-state index in [9.17, 15) is 0 Å². The van der Waals surface area contributed by atoms with Crippen LogP contribution in [0.5, 0.6) is 0 Å². The van der Waals surface area contributed by atoms with Crippen molar-refractivity contribution < 1.29 is 4.42 Å². The van der Waals surface area contributed by atoms with Crippen LogP contribution in [0.2, 0.25) is 0 Å². The first-order valence-electron chi connectivity index (χ1n) is 11.4. The molecular formula is C30H25NO. The van der Waals surface area contributed by atoms with E-state index in [0.29, 0.717) is 5.92 Å². The van der Waals surface area contributed by atoms with Crippen LogP contribution in [0.1, 0.15) is 30.7 Å². The van der Waals surface area contributed by atoms with Crippen LogP contribution in [0.4, 0.5) is 5.69 Å². The summed E-state index contributed by atoms with van der Waals surface area (Å²) in [6, 6.07) is 25.5. The summed E-state index contributed by atoms with van der Waals surface area (Å²) >= 11 is 0. The maximum absolute atomic E-state index is 6.29. The van der Waals surface area contributed by atoms with Gasteiger partial charge in [-0.15, -0.1) is 0 Å². The molecule has 3 aromatic carbocycles. The van der Waals surface area contributed by atoms with Gasteiger partial charge in [-0.3, -0.25) is 0 Å². The molecule has 1 aromatic heterocycles. The van der Waals surface area contributed by atoms with Gasteiger partial charge < -0.3 is 9.32 Å². The number of furan rings is 1. The molecule has 1 unspecified atom stereocenters. The lowest BCUT2D eigenvalue weighted by Crippen LogP contribution is -2.23. The van der Waals surface area contributed by atoms with Gasteiger partial charge in [0.25, 0.3) is 0 Å². The molecule has 0 amide bonds. The normalized spacial score (nSPS) is 18.1. The number of rotatable bonds is 4. The Morgan fingerprint density at radius 3 is 2.50 bits per heavy atom. The van der Waals surface area contributed by atoms with Crippen LogP contribution in [0.15, 0.2) is 125 Å². The third-order valence-electron chi connectivity index (χ3n) is 6.47. The van der Waals surface area contributed by atoms with Crippen LogP contribution in [0, 0.1) is 0 Å². The first-order chi connectivity index (χ1) is 15.9. The maximum atomic E-state index is 6.29. The highest BCUT2D eigenvalue weighted by Gasteiger charge is 2.22. The average molecular weight is 416 g/mol. The van der Waals surface area contributed by atoms with Gasteiger partial charge in [0.2, 0.25) is 0 Å². The minimum absolute atomic E-state index is 0.306. The van der Waals surface area contributed by atoms with Crippen molar-refractivity contribution in [1.29, 1.82) is 0 Å². The largest absolute Gasteiger partial charge is 0.456 e. The number of hydrogen-bond acceptors (Lipinski definition) is 2. The van der Waals surface area contributed by atoms with Crippen molar-refractivity contribution in [3.05, 3.63) is 126 Å². The highest BCUT2D eigenvalue weighted by Crippen LogP contribution is 2.38. The minimum atomic E-state index is 0.306. The molecule has 156 valence electrons. The van der Waals surface area contributed by atoms with Crippen LogP contribution in [0.3, 0.4) is 0 Å². The van der Waals surface area contributed by atoms with Crippen LogP contribution in [-0.4, -0.2) is 0 Å². The van der Waals surface area contributed by atoms with Crippen LogP contribution in [-0.2, 0) is 0 Å². The topological polar surface area (TPSA) is 16.4 Å². The molecule has 0 saturated carbocycles. The zero-order valence-corrected chi connectivity index (χ0v) is 17.9. The van der Waals surface area contributed by atoms with Gasteiger partial charge in [-0.2, -0.15) is 0 Å². The Morgan fingerprint density at radius 1 is 0.844 bits per heavy atom. The Bertz CT molecular complexity index is 1400. The molecule has 1 atom stereocenters. The number of nitrogens with zero attached hydrogens (tertiary/aromatic N) is 1. The summed E-state index contributed by atoms with van der Waals surface area (Å²) in [5.74, 6) is 0.306. The van der Waals surface area contributed by atoms with Crippen molar-refractivity contribution in [3.63, 3.8) is 0 Å². The predicted octanol–water partition coefficient (Wildman–Crippen LogP) is 8.25. The lowest BCUT2D eigenvalue weighted by atomic mass is 9.90. The quantitative estimate of drug-likeness (QED) is 0.333. The smallest absolute Gasteiger partial charge is 0.139 e. The SMILES string of the molecule is C1=CCCC(N(C2=CCC(c3cccc4c3oc3ccccc34)C=C2)c2ccccc2)=C1. The summed E-state index contributed by atoms with van der Waals surface area (Å²) < 4.78 is 6.29. The number of anilines is 1. The molecule has 0 radical (unpaired) electrons. The van der Waals surface area contributed by atoms with Gasteiger partial charge in [0.05, 0.1) is 0 Å². The molecular weight excluding hydrogens is 390 g/mol. The van der Waals surface area contributed by atoms with Crippen molar-refractivity contribution in [1.82, 2.24) is 0 Å². The van der Waals surface area contributed by atoms with Crippen molar-refractivity contribution in [2.75, 3.05) is 4.90 Å². The lowest BCUT2D eigenvalue weighted by Gasteiger charge is -2.31. The van der Waals surface area contributed by atoms with Crippen molar-refractivity contribution in [3.8, 4) is 0 Å². The van der Waals surface area contributed by atoms with E-state index >= 15 is 0 Å². The summed E-state index contributed by atoms with van der Waals surface area (Å²) in [5.41, 5.74) is 7.02. The Kier molecular flexibility index (Phi) is 4.77. The van der Waals surface area contributed by atoms with Gasteiger partial charge >= 0.3 is 0 Å². The molecule has 0 fully saturated rings. The molecule has 2 heteroatoms. The van der Waals surface area contributed by atoms with E-state index in [4.69, 9.17) is 4.42 Å². The van der Waals surface area contributed by atoms with E-state index < -0.39 is 0 Å². The van der Waals surface area contributed by atoms with Gasteiger partial charge in [-0.1, -0.05) is 78.9 Å². The monoisotopic (exact) mass is 415 g/mol. The second kappa shape index (κ2) is 8.05. The van der Waals surface area contributed by atoms with Crippen molar-refractivity contribution in [2.24, 2.45) is 0 Å². The molecule has 0 saturated heterocycles. The number of hydrogen-bond donors (Lipinski definition) is 0. The van der Waals surface area contributed by atoms with Gasteiger partial charge in [-0.25, -0.2) is 0 Å². The summed E-state index contributed by atoms with van der Waals surface area (Å²) in [4.78, 5) is 2.40. The molecule has 1 heterocycles. The summed E-state index contributed by atoms with van der Waals surface area (Å²) in [6.07, 6.45) is 16.7. The Balaban J connectivity index is 1.36. The molecule has 32 heavy (non-hydrogen) atoms. The van der Waals surface area contributed by atoms with Crippen LogP contribution in [0.25, 0.3) is 21.9 Å². The fourth-order valence-corrected chi connectivity index (χ4v) is 4.90. The Morgan fingerprint density at radius 2 is 1.69 bits per heavy atom. The molecule has 0 aliphatic heterocycles. The molecule has 4 aromatic rings. The van der Waals surface area contributed by atoms with E-state index in [0.717, 1.165) is 30.4 Å². The summed E-state index contributed by atoms with van der Waals surface area (Å²) in [6.45, 7) is 0. The summed E-state index contributed by atoms with van der Waals surface area (Å²) in [5, 5.41) is 2.39. The third kappa shape index (κ3) is 3.29. The van der Waals surface area contributed by atoms with E-state index in [1.54, 1.807) is 0 Å². The molecule has 2 aliphatic carbocycles. The number of allylic oxidation sites excluding steroid dienone is 7. The van der Waals surface area contributed by atoms with Crippen molar-refractivity contribution in [2.45, 2.75) is 25.2 Å². The zero-order chi connectivity index (χ0) is 21.3. The highest BCUT2D eigenvalue weighted by atomic mass is 16.3. The molecule has 0 N–H and O–H groups in total.